The van der Waals surface area contributed by atoms with Gasteiger partial charge in [-0.1, -0.05) is 20.3 Å². The van der Waals surface area contributed by atoms with Crippen LogP contribution in [0.5, 0.6) is 0 Å². The van der Waals surface area contributed by atoms with E-state index >= 15 is 0 Å². The predicted molar refractivity (Wildman–Crippen MR) is 56.9 cm³/mol. The van der Waals surface area contributed by atoms with Gasteiger partial charge in [0, 0.05) is 18.9 Å². The molecule has 1 atom stereocenters. The van der Waals surface area contributed by atoms with Crippen molar-refractivity contribution < 1.29 is 4.79 Å². The summed E-state index contributed by atoms with van der Waals surface area (Å²) in [6.45, 7) is 7.36. The highest BCUT2D eigenvalue weighted by Gasteiger charge is 2.11. The lowest BCUT2D eigenvalue weighted by molar-refractivity contribution is -0.119. The molecule has 0 fully saturated rings. The third-order valence-corrected chi connectivity index (χ3v) is 2.53. The molecule has 2 heteroatoms. The summed E-state index contributed by atoms with van der Waals surface area (Å²) in [5.74, 6) is 0.371. The average Bonchev–Trinajstić information content (AvgIpc) is 2.13. The van der Waals surface area contributed by atoms with E-state index in [2.05, 4.69) is 25.8 Å². The Bertz CT molecular complexity index is 145. The van der Waals surface area contributed by atoms with E-state index in [1.807, 2.05) is 6.92 Å². The molecule has 0 saturated heterocycles. The molecule has 13 heavy (non-hydrogen) atoms. The van der Waals surface area contributed by atoms with Crippen LogP contribution in [0.4, 0.5) is 0 Å². The molecule has 0 aliphatic carbocycles. The van der Waals surface area contributed by atoms with Gasteiger partial charge >= 0.3 is 0 Å². The minimum Gasteiger partial charge on any atom is -0.303 e. The second-order valence-electron chi connectivity index (χ2n) is 3.78. The van der Waals surface area contributed by atoms with Crippen LogP contribution in [0, 0.1) is 0 Å². The summed E-state index contributed by atoms with van der Waals surface area (Å²) in [5, 5.41) is 0. The minimum atomic E-state index is 0.371. The molecule has 0 saturated carbocycles. The Morgan fingerprint density at radius 3 is 2.46 bits per heavy atom. The molecular formula is C11H23NO. The third kappa shape index (κ3) is 5.81. The number of unbranched alkanes of at least 4 members (excludes halogenated alkanes) is 1. The lowest BCUT2D eigenvalue weighted by Gasteiger charge is -2.23. The molecule has 0 aromatic carbocycles. The van der Waals surface area contributed by atoms with E-state index in [0.717, 1.165) is 6.54 Å². The number of ketones is 1. The molecule has 0 aromatic rings. The van der Waals surface area contributed by atoms with Crippen LogP contribution < -0.4 is 0 Å². The molecule has 0 spiro atoms. The summed E-state index contributed by atoms with van der Waals surface area (Å²) in [6.07, 6.45) is 3.82. The molecule has 1 unspecified atom stereocenters. The van der Waals surface area contributed by atoms with Crippen molar-refractivity contribution in [1.82, 2.24) is 4.90 Å². The number of carbonyl (C=O) groups excluding carboxylic acids is 1. The molecule has 0 aliphatic rings. The van der Waals surface area contributed by atoms with E-state index in [1.165, 1.54) is 12.8 Å². The van der Waals surface area contributed by atoms with Gasteiger partial charge < -0.3 is 4.90 Å². The van der Waals surface area contributed by atoms with E-state index in [-0.39, 0.29) is 0 Å². The van der Waals surface area contributed by atoms with Crippen LogP contribution in [-0.4, -0.2) is 30.3 Å². The average molecular weight is 185 g/mol. The van der Waals surface area contributed by atoms with Crippen LogP contribution in [0.25, 0.3) is 0 Å². The highest BCUT2D eigenvalue weighted by molar-refractivity contribution is 5.78. The number of carbonyl (C=O) groups is 1. The second-order valence-corrected chi connectivity index (χ2v) is 3.78. The predicted octanol–water partition coefficient (Wildman–Crippen LogP) is 2.48. The standard InChI is InChI=1S/C11H23NO/c1-5-7-8-12(4)10(3)9-11(13)6-2/h10H,5-9H2,1-4H3. The molecule has 0 heterocycles. The van der Waals surface area contributed by atoms with E-state index in [1.54, 1.807) is 0 Å². The molecule has 0 bridgehead atoms. The number of hydrogen-bond donors (Lipinski definition) is 0. The largest absolute Gasteiger partial charge is 0.303 e. The van der Waals surface area contributed by atoms with Crippen LogP contribution in [0.3, 0.4) is 0 Å². The first kappa shape index (κ1) is 12.6. The maximum atomic E-state index is 11.2. The van der Waals surface area contributed by atoms with Crippen molar-refractivity contribution in [3.8, 4) is 0 Å². The molecule has 0 aromatic heterocycles. The van der Waals surface area contributed by atoms with Gasteiger partial charge in [-0.05, 0) is 26.9 Å². The minimum absolute atomic E-state index is 0.371. The van der Waals surface area contributed by atoms with E-state index in [4.69, 9.17) is 0 Å². The van der Waals surface area contributed by atoms with Gasteiger partial charge in [-0.25, -0.2) is 0 Å². The van der Waals surface area contributed by atoms with E-state index in [0.29, 0.717) is 24.7 Å². The maximum Gasteiger partial charge on any atom is 0.134 e. The monoisotopic (exact) mass is 185 g/mol. The Morgan fingerprint density at radius 1 is 1.38 bits per heavy atom. The van der Waals surface area contributed by atoms with Crippen LogP contribution in [0.2, 0.25) is 0 Å². The van der Waals surface area contributed by atoms with Crippen molar-refractivity contribution in [3.05, 3.63) is 0 Å². The van der Waals surface area contributed by atoms with Gasteiger partial charge in [-0.2, -0.15) is 0 Å². The fraction of sp³-hybridized carbons (Fsp3) is 0.909. The Hall–Kier alpha value is -0.370. The van der Waals surface area contributed by atoms with Crippen molar-refractivity contribution >= 4 is 5.78 Å². The molecule has 0 N–H and O–H groups in total. The summed E-state index contributed by atoms with van der Waals surface area (Å²) in [4.78, 5) is 13.4. The maximum absolute atomic E-state index is 11.2. The number of Topliss-reactive ketones (excluding diaryl/α,β-unsaturated/α-hetero) is 1. The molecule has 0 rings (SSSR count). The summed E-state index contributed by atoms with van der Waals surface area (Å²) < 4.78 is 0. The smallest absolute Gasteiger partial charge is 0.134 e. The molecular weight excluding hydrogens is 162 g/mol. The Morgan fingerprint density at radius 2 is 2.00 bits per heavy atom. The van der Waals surface area contributed by atoms with Crippen LogP contribution in [0.1, 0.15) is 46.5 Å². The van der Waals surface area contributed by atoms with Gasteiger partial charge in [0.05, 0.1) is 0 Å². The summed E-state index contributed by atoms with van der Waals surface area (Å²) in [6, 6.07) is 0.402. The summed E-state index contributed by atoms with van der Waals surface area (Å²) in [7, 11) is 2.10. The molecule has 0 aliphatic heterocycles. The molecule has 0 amide bonds. The Labute approximate surface area is 82.3 Å². The molecule has 2 nitrogen and oxygen atoms in total. The van der Waals surface area contributed by atoms with Gasteiger partial charge in [0.25, 0.3) is 0 Å². The fourth-order valence-electron chi connectivity index (χ4n) is 1.26. The van der Waals surface area contributed by atoms with Crippen molar-refractivity contribution in [1.29, 1.82) is 0 Å². The van der Waals surface area contributed by atoms with Gasteiger partial charge in [0.2, 0.25) is 0 Å². The zero-order chi connectivity index (χ0) is 10.3. The third-order valence-electron chi connectivity index (χ3n) is 2.53. The first-order valence-corrected chi connectivity index (χ1v) is 5.33. The van der Waals surface area contributed by atoms with Gasteiger partial charge in [-0.3, -0.25) is 4.79 Å². The first-order chi connectivity index (χ1) is 6.11. The van der Waals surface area contributed by atoms with Crippen molar-refractivity contribution in [3.63, 3.8) is 0 Å². The SMILES string of the molecule is CCCCN(C)C(C)CC(=O)CC. The van der Waals surface area contributed by atoms with Crippen molar-refractivity contribution in [2.45, 2.75) is 52.5 Å². The van der Waals surface area contributed by atoms with Crippen LogP contribution in [-0.2, 0) is 4.79 Å². The van der Waals surface area contributed by atoms with Crippen molar-refractivity contribution in [2.75, 3.05) is 13.6 Å². The quantitative estimate of drug-likeness (QED) is 0.607. The topological polar surface area (TPSA) is 20.3 Å². The zero-order valence-electron chi connectivity index (χ0n) is 9.47. The fourth-order valence-corrected chi connectivity index (χ4v) is 1.26. The van der Waals surface area contributed by atoms with E-state index in [9.17, 15) is 4.79 Å². The van der Waals surface area contributed by atoms with Gasteiger partial charge in [0.1, 0.15) is 5.78 Å². The zero-order valence-corrected chi connectivity index (χ0v) is 9.47. The number of rotatable bonds is 7. The van der Waals surface area contributed by atoms with E-state index < -0.39 is 0 Å². The van der Waals surface area contributed by atoms with Crippen molar-refractivity contribution in [2.24, 2.45) is 0 Å². The number of hydrogen-bond acceptors (Lipinski definition) is 2. The normalized spacial score (nSPS) is 13.3. The molecule has 0 radical (unpaired) electrons. The lowest BCUT2D eigenvalue weighted by atomic mass is 10.1. The highest BCUT2D eigenvalue weighted by atomic mass is 16.1. The summed E-state index contributed by atoms with van der Waals surface area (Å²) >= 11 is 0. The molecule has 78 valence electrons. The second kappa shape index (κ2) is 7.07. The van der Waals surface area contributed by atoms with Gasteiger partial charge in [0.15, 0.2) is 0 Å². The Kier molecular flexibility index (Phi) is 6.87. The number of nitrogens with zero attached hydrogens (tertiary/aromatic N) is 1. The Balaban J connectivity index is 3.68. The van der Waals surface area contributed by atoms with Crippen LogP contribution >= 0.6 is 0 Å². The lowest BCUT2D eigenvalue weighted by Crippen LogP contribution is -2.31. The first-order valence-electron chi connectivity index (χ1n) is 5.33. The van der Waals surface area contributed by atoms with Gasteiger partial charge in [-0.15, -0.1) is 0 Å². The highest BCUT2D eigenvalue weighted by Crippen LogP contribution is 2.04. The van der Waals surface area contributed by atoms with Crippen LogP contribution in [0.15, 0.2) is 0 Å². The summed E-state index contributed by atoms with van der Waals surface area (Å²) in [5.41, 5.74) is 0.